The van der Waals surface area contributed by atoms with E-state index in [9.17, 15) is 13.2 Å². The van der Waals surface area contributed by atoms with Gasteiger partial charge in [0.1, 0.15) is 12.2 Å². The van der Waals surface area contributed by atoms with Gasteiger partial charge < -0.3 is 10.1 Å². The Morgan fingerprint density at radius 2 is 2.29 bits per heavy atom. The molecule has 0 spiro atoms. The first-order valence-electron chi connectivity index (χ1n) is 5.46. The van der Waals surface area contributed by atoms with Gasteiger partial charge >= 0.3 is 6.18 Å². The molecule has 1 N–H and O–H groups in total. The van der Waals surface area contributed by atoms with Crippen LogP contribution in [0.1, 0.15) is 18.4 Å². The zero-order valence-corrected chi connectivity index (χ0v) is 9.13. The molecule has 0 radical (unpaired) electrons. The van der Waals surface area contributed by atoms with Gasteiger partial charge in [-0.3, -0.25) is 0 Å². The lowest BCUT2D eigenvalue weighted by molar-refractivity contribution is -0.139. The molecule has 94 valence electrons. The molecule has 0 aromatic carbocycles. The number of hydrogen-bond acceptors (Lipinski definition) is 3. The molecule has 1 aliphatic heterocycles. The molecule has 1 aliphatic rings. The molecule has 6 heteroatoms. The van der Waals surface area contributed by atoms with Crippen molar-refractivity contribution in [1.29, 1.82) is 0 Å². The highest BCUT2D eigenvalue weighted by Crippen LogP contribution is 2.34. The van der Waals surface area contributed by atoms with Crippen molar-refractivity contribution < 1.29 is 17.9 Å². The predicted octanol–water partition coefficient (Wildman–Crippen LogP) is 2.23. The van der Waals surface area contributed by atoms with E-state index in [1.807, 2.05) is 0 Å². The number of nitrogens with zero attached hydrogens (tertiary/aromatic N) is 1. The Morgan fingerprint density at radius 3 is 2.94 bits per heavy atom. The Kier molecular flexibility index (Phi) is 3.51. The first-order chi connectivity index (χ1) is 8.07. The van der Waals surface area contributed by atoms with Crippen molar-refractivity contribution in [1.82, 2.24) is 10.3 Å². The molecule has 1 atom stereocenters. The molecule has 0 aliphatic carbocycles. The summed E-state index contributed by atoms with van der Waals surface area (Å²) in [5, 5.41) is 3.15. The molecule has 0 amide bonds. The van der Waals surface area contributed by atoms with E-state index in [0.717, 1.165) is 25.5 Å². The highest BCUT2D eigenvalue weighted by atomic mass is 19.4. The fourth-order valence-electron chi connectivity index (χ4n) is 1.80. The number of nitrogens with one attached hydrogen (secondary N) is 1. The first-order valence-corrected chi connectivity index (χ1v) is 5.46. The second-order valence-electron chi connectivity index (χ2n) is 3.96. The first kappa shape index (κ1) is 12.2. The molecule has 1 aromatic rings. The maximum Gasteiger partial charge on any atom is 0.421 e. The average molecular weight is 246 g/mol. The fourth-order valence-corrected chi connectivity index (χ4v) is 1.80. The van der Waals surface area contributed by atoms with Crippen molar-refractivity contribution in [2.24, 2.45) is 0 Å². The Labute approximate surface area is 97.0 Å². The SMILES string of the molecule is FC(F)(F)c1cccnc1OCC1CCCN1. The summed E-state index contributed by atoms with van der Waals surface area (Å²) in [5.41, 5.74) is -0.821. The van der Waals surface area contributed by atoms with E-state index in [1.165, 1.54) is 12.3 Å². The van der Waals surface area contributed by atoms with E-state index >= 15 is 0 Å². The minimum absolute atomic E-state index is 0.123. The molecule has 1 aromatic heterocycles. The predicted molar refractivity (Wildman–Crippen MR) is 55.8 cm³/mol. The summed E-state index contributed by atoms with van der Waals surface area (Å²) in [4.78, 5) is 3.64. The lowest BCUT2D eigenvalue weighted by Crippen LogP contribution is -2.28. The van der Waals surface area contributed by atoms with Crippen molar-refractivity contribution in [2.45, 2.75) is 25.1 Å². The average Bonchev–Trinajstić information content (AvgIpc) is 2.78. The maximum absolute atomic E-state index is 12.6. The standard InChI is InChI=1S/C11H13F3N2O/c12-11(13,14)9-4-2-6-16-10(9)17-7-8-3-1-5-15-8/h2,4,6,8,15H,1,3,5,7H2. The van der Waals surface area contributed by atoms with E-state index in [4.69, 9.17) is 4.74 Å². The van der Waals surface area contributed by atoms with Crippen molar-refractivity contribution >= 4 is 0 Å². The third-order valence-electron chi connectivity index (χ3n) is 2.66. The number of aromatic nitrogens is 1. The second kappa shape index (κ2) is 4.91. The van der Waals surface area contributed by atoms with Crippen LogP contribution in [0.3, 0.4) is 0 Å². The van der Waals surface area contributed by atoms with Crippen molar-refractivity contribution in [3.05, 3.63) is 23.9 Å². The van der Waals surface area contributed by atoms with Gasteiger partial charge in [-0.25, -0.2) is 4.98 Å². The Bertz CT molecular complexity index is 375. The summed E-state index contributed by atoms with van der Waals surface area (Å²) < 4.78 is 43.0. The largest absolute Gasteiger partial charge is 0.476 e. The van der Waals surface area contributed by atoms with Gasteiger partial charge in [0, 0.05) is 12.2 Å². The summed E-state index contributed by atoms with van der Waals surface area (Å²) in [6, 6.07) is 2.35. The Hall–Kier alpha value is -1.30. The van der Waals surface area contributed by atoms with E-state index < -0.39 is 11.7 Å². The minimum atomic E-state index is -4.42. The van der Waals surface area contributed by atoms with Crippen LogP contribution in [0.5, 0.6) is 5.88 Å². The van der Waals surface area contributed by atoms with Gasteiger partial charge in [-0.1, -0.05) is 0 Å². The maximum atomic E-state index is 12.6. The van der Waals surface area contributed by atoms with Crippen LogP contribution in [-0.2, 0) is 6.18 Å². The number of ether oxygens (including phenoxy) is 1. The number of rotatable bonds is 3. The van der Waals surface area contributed by atoms with Gasteiger partial charge in [-0.15, -0.1) is 0 Å². The minimum Gasteiger partial charge on any atom is -0.476 e. The molecule has 1 saturated heterocycles. The van der Waals surface area contributed by atoms with E-state index in [0.29, 0.717) is 0 Å². The Balaban J connectivity index is 2.04. The molecule has 3 nitrogen and oxygen atoms in total. The molecular formula is C11H13F3N2O. The molecule has 0 saturated carbocycles. The van der Waals surface area contributed by atoms with Gasteiger partial charge in [0.15, 0.2) is 0 Å². The molecule has 0 bridgehead atoms. The van der Waals surface area contributed by atoms with E-state index in [-0.39, 0.29) is 18.5 Å². The molecule has 1 unspecified atom stereocenters. The van der Waals surface area contributed by atoms with E-state index in [2.05, 4.69) is 10.3 Å². The number of pyridine rings is 1. The summed E-state index contributed by atoms with van der Waals surface area (Å²) in [5.74, 6) is -0.339. The van der Waals surface area contributed by atoms with Crippen molar-refractivity contribution in [3.8, 4) is 5.88 Å². The number of halogens is 3. The van der Waals surface area contributed by atoms with Crippen LogP contribution in [0.15, 0.2) is 18.3 Å². The molecule has 2 heterocycles. The summed E-state index contributed by atoms with van der Waals surface area (Å²) in [7, 11) is 0. The summed E-state index contributed by atoms with van der Waals surface area (Å²) in [6.45, 7) is 1.11. The lowest BCUT2D eigenvalue weighted by Gasteiger charge is -2.15. The molecule has 2 rings (SSSR count). The van der Waals surface area contributed by atoms with Gasteiger partial charge in [0.25, 0.3) is 0 Å². The molecule has 17 heavy (non-hydrogen) atoms. The van der Waals surface area contributed by atoms with Crippen LogP contribution in [0, 0.1) is 0 Å². The quantitative estimate of drug-likeness (QED) is 0.888. The van der Waals surface area contributed by atoms with Crippen LogP contribution in [0.25, 0.3) is 0 Å². The third-order valence-corrected chi connectivity index (χ3v) is 2.66. The monoisotopic (exact) mass is 246 g/mol. The van der Waals surface area contributed by atoms with Crippen molar-refractivity contribution in [3.63, 3.8) is 0 Å². The Morgan fingerprint density at radius 1 is 1.47 bits per heavy atom. The van der Waals surface area contributed by atoms with Crippen LogP contribution >= 0.6 is 0 Å². The summed E-state index contributed by atoms with van der Waals surface area (Å²) in [6.07, 6.45) is -1.17. The zero-order valence-electron chi connectivity index (χ0n) is 9.13. The second-order valence-corrected chi connectivity index (χ2v) is 3.96. The van der Waals surface area contributed by atoms with Crippen LogP contribution in [-0.4, -0.2) is 24.2 Å². The van der Waals surface area contributed by atoms with Crippen molar-refractivity contribution in [2.75, 3.05) is 13.2 Å². The smallest absolute Gasteiger partial charge is 0.421 e. The highest BCUT2D eigenvalue weighted by Gasteiger charge is 2.35. The van der Waals surface area contributed by atoms with Crippen LogP contribution < -0.4 is 10.1 Å². The van der Waals surface area contributed by atoms with Gasteiger partial charge in [-0.05, 0) is 31.5 Å². The van der Waals surface area contributed by atoms with Crippen LogP contribution in [0.2, 0.25) is 0 Å². The fraction of sp³-hybridized carbons (Fsp3) is 0.545. The number of hydrogen-bond donors (Lipinski definition) is 1. The molecular weight excluding hydrogens is 233 g/mol. The lowest BCUT2D eigenvalue weighted by atomic mass is 10.2. The van der Waals surface area contributed by atoms with Gasteiger partial charge in [0.05, 0.1) is 0 Å². The highest BCUT2D eigenvalue weighted by molar-refractivity contribution is 5.28. The topological polar surface area (TPSA) is 34.1 Å². The van der Waals surface area contributed by atoms with Gasteiger partial charge in [-0.2, -0.15) is 13.2 Å². The summed E-state index contributed by atoms with van der Waals surface area (Å²) >= 11 is 0. The van der Waals surface area contributed by atoms with Gasteiger partial charge in [0.2, 0.25) is 5.88 Å². The number of alkyl halides is 3. The van der Waals surface area contributed by atoms with Crippen LogP contribution in [0.4, 0.5) is 13.2 Å². The van der Waals surface area contributed by atoms with E-state index in [1.54, 1.807) is 0 Å². The zero-order chi connectivity index (χ0) is 12.3. The molecule has 1 fully saturated rings. The third kappa shape index (κ3) is 3.09. The normalized spacial score (nSPS) is 20.5.